The van der Waals surface area contributed by atoms with Crippen molar-refractivity contribution in [2.24, 2.45) is 0 Å². The Bertz CT molecular complexity index is 331. The third-order valence-electron chi connectivity index (χ3n) is 2.96. The summed E-state index contributed by atoms with van der Waals surface area (Å²) in [7, 11) is 4.24. The zero-order valence-electron chi connectivity index (χ0n) is 12.4. The molecule has 4 nitrogen and oxygen atoms in total. The van der Waals surface area contributed by atoms with Crippen LogP contribution in [0.25, 0.3) is 0 Å². The molecule has 0 aliphatic heterocycles. The van der Waals surface area contributed by atoms with Gasteiger partial charge in [-0.2, -0.15) is 0 Å². The molecule has 0 fully saturated rings. The van der Waals surface area contributed by atoms with Crippen LogP contribution in [0.1, 0.15) is 38.3 Å². The fourth-order valence-electron chi connectivity index (χ4n) is 1.94. The second-order valence-corrected chi connectivity index (χ2v) is 5.19. The van der Waals surface area contributed by atoms with Crippen LogP contribution in [0.15, 0.2) is 6.20 Å². The summed E-state index contributed by atoms with van der Waals surface area (Å²) in [6.45, 7) is 7.51. The van der Waals surface area contributed by atoms with Gasteiger partial charge in [0.25, 0.3) is 0 Å². The third kappa shape index (κ3) is 5.54. The lowest BCUT2D eigenvalue weighted by Gasteiger charge is -2.11. The molecule has 18 heavy (non-hydrogen) atoms. The largest absolute Gasteiger partial charge is 0.356 e. The molecule has 0 saturated carbocycles. The molecule has 0 aliphatic rings. The van der Waals surface area contributed by atoms with Crippen LogP contribution in [0.2, 0.25) is 0 Å². The lowest BCUT2D eigenvalue weighted by Crippen LogP contribution is -2.15. The summed E-state index contributed by atoms with van der Waals surface area (Å²) < 4.78 is 2.24. The van der Waals surface area contributed by atoms with Crippen molar-refractivity contribution in [1.29, 1.82) is 0 Å². The Labute approximate surface area is 111 Å². The van der Waals surface area contributed by atoms with Crippen molar-refractivity contribution in [2.75, 3.05) is 32.5 Å². The highest BCUT2D eigenvalue weighted by atomic mass is 15.2. The van der Waals surface area contributed by atoms with Crippen LogP contribution in [-0.4, -0.2) is 41.6 Å². The highest BCUT2D eigenvalue weighted by Crippen LogP contribution is 2.10. The molecular weight excluding hydrogens is 224 g/mol. The first-order chi connectivity index (χ1) is 8.63. The van der Waals surface area contributed by atoms with Gasteiger partial charge in [-0.1, -0.05) is 13.3 Å². The van der Waals surface area contributed by atoms with Gasteiger partial charge in [0.15, 0.2) is 0 Å². The van der Waals surface area contributed by atoms with Gasteiger partial charge in [-0.25, -0.2) is 4.98 Å². The van der Waals surface area contributed by atoms with E-state index in [2.05, 4.69) is 53.9 Å². The Morgan fingerprint density at radius 3 is 2.72 bits per heavy atom. The Hall–Kier alpha value is -1.03. The van der Waals surface area contributed by atoms with E-state index in [0.717, 1.165) is 31.3 Å². The number of hydrogen-bond acceptors (Lipinski definition) is 3. The molecule has 4 heteroatoms. The number of rotatable bonds is 9. The van der Waals surface area contributed by atoms with Gasteiger partial charge in [-0.15, -0.1) is 0 Å². The molecule has 1 aromatic heterocycles. The van der Waals surface area contributed by atoms with Crippen LogP contribution in [0.5, 0.6) is 0 Å². The maximum Gasteiger partial charge on any atom is 0.203 e. The molecule has 0 bridgehead atoms. The lowest BCUT2D eigenvalue weighted by atomic mass is 10.3. The van der Waals surface area contributed by atoms with E-state index < -0.39 is 0 Å². The molecule has 0 aliphatic carbocycles. The zero-order valence-corrected chi connectivity index (χ0v) is 12.4. The molecule has 0 aromatic carbocycles. The minimum Gasteiger partial charge on any atom is -0.356 e. The van der Waals surface area contributed by atoms with E-state index in [4.69, 9.17) is 0 Å². The number of anilines is 1. The Morgan fingerprint density at radius 1 is 1.28 bits per heavy atom. The van der Waals surface area contributed by atoms with Gasteiger partial charge >= 0.3 is 0 Å². The molecule has 0 amide bonds. The summed E-state index contributed by atoms with van der Waals surface area (Å²) in [5, 5.41) is 3.45. The van der Waals surface area contributed by atoms with Crippen LogP contribution >= 0.6 is 0 Å². The van der Waals surface area contributed by atoms with E-state index in [0.29, 0.717) is 0 Å². The summed E-state index contributed by atoms with van der Waals surface area (Å²) in [6.07, 6.45) is 6.99. The summed E-state index contributed by atoms with van der Waals surface area (Å²) in [6, 6.07) is 0. The summed E-state index contributed by atoms with van der Waals surface area (Å²) >= 11 is 0. The molecule has 0 unspecified atom stereocenters. The number of hydrogen-bond donors (Lipinski definition) is 1. The molecule has 1 rings (SSSR count). The average molecular weight is 252 g/mol. The lowest BCUT2D eigenvalue weighted by molar-refractivity contribution is 0.396. The van der Waals surface area contributed by atoms with Gasteiger partial charge in [-0.05, 0) is 46.8 Å². The fraction of sp³-hybridized carbons (Fsp3) is 0.786. The smallest absolute Gasteiger partial charge is 0.203 e. The predicted octanol–water partition coefficient (Wildman–Crippen LogP) is 2.75. The summed E-state index contributed by atoms with van der Waals surface area (Å²) in [4.78, 5) is 6.77. The second kappa shape index (κ2) is 8.14. The van der Waals surface area contributed by atoms with Crippen molar-refractivity contribution in [3.63, 3.8) is 0 Å². The third-order valence-corrected chi connectivity index (χ3v) is 2.96. The van der Waals surface area contributed by atoms with E-state index in [-0.39, 0.29) is 0 Å². The van der Waals surface area contributed by atoms with Crippen LogP contribution in [0.3, 0.4) is 0 Å². The van der Waals surface area contributed by atoms with Gasteiger partial charge < -0.3 is 14.8 Å². The number of nitrogens with one attached hydrogen (secondary N) is 1. The predicted molar refractivity (Wildman–Crippen MR) is 78.1 cm³/mol. The van der Waals surface area contributed by atoms with Gasteiger partial charge in [0.1, 0.15) is 0 Å². The minimum atomic E-state index is 1.01. The molecule has 0 saturated heterocycles. The van der Waals surface area contributed by atoms with Crippen molar-refractivity contribution in [3.8, 4) is 0 Å². The van der Waals surface area contributed by atoms with Crippen molar-refractivity contribution in [1.82, 2.24) is 14.5 Å². The number of imidazole rings is 1. The molecule has 0 atom stereocenters. The number of aromatic nitrogens is 2. The molecule has 1 aromatic rings. The van der Waals surface area contributed by atoms with Crippen LogP contribution in [-0.2, 0) is 6.54 Å². The molecule has 0 spiro atoms. The van der Waals surface area contributed by atoms with E-state index in [1.54, 1.807) is 0 Å². The first-order valence-electron chi connectivity index (χ1n) is 7.06. The van der Waals surface area contributed by atoms with Crippen molar-refractivity contribution >= 4 is 5.95 Å². The number of nitrogens with zero attached hydrogens (tertiary/aromatic N) is 3. The summed E-state index contributed by atoms with van der Waals surface area (Å²) in [5.74, 6) is 1.03. The first kappa shape index (κ1) is 15.0. The molecule has 104 valence electrons. The van der Waals surface area contributed by atoms with Crippen molar-refractivity contribution < 1.29 is 0 Å². The maximum absolute atomic E-state index is 4.54. The van der Waals surface area contributed by atoms with Gasteiger partial charge in [0, 0.05) is 19.3 Å². The topological polar surface area (TPSA) is 33.1 Å². The molecular formula is C14H28N4. The highest BCUT2D eigenvalue weighted by Gasteiger charge is 2.04. The van der Waals surface area contributed by atoms with Gasteiger partial charge in [0.05, 0.1) is 5.69 Å². The van der Waals surface area contributed by atoms with Gasteiger partial charge in [-0.3, -0.25) is 0 Å². The average Bonchev–Trinajstić information content (AvgIpc) is 2.66. The fourth-order valence-corrected chi connectivity index (χ4v) is 1.94. The summed E-state index contributed by atoms with van der Waals surface area (Å²) in [5.41, 5.74) is 1.10. The Kier molecular flexibility index (Phi) is 6.80. The number of unbranched alkanes of at least 4 members (excludes halogenated alkanes) is 2. The Balaban J connectivity index is 2.32. The van der Waals surface area contributed by atoms with E-state index in [9.17, 15) is 0 Å². The maximum atomic E-state index is 4.54. The highest BCUT2D eigenvalue weighted by molar-refractivity contribution is 5.28. The molecule has 0 radical (unpaired) electrons. The normalized spacial score (nSPS) is 11.2. The van der Waals surface area contributed by atoms with Crippen LogP contribution < -0.4 is 5.32 Å². The molecule has 1 N–H and O–H groups in total. The number of aryl methyl sites for hydroxylation is 2. The van der Waals surface area contributed by atoms with Crippen LogP contribution in [0, 0.1) is 6.92 Å². The van der Waals surface area contributed by atoms with Crippen molar-refractivity contribution in [2.45, 2.75) is 46.1 Å². The standard InChI is InChI=1S/C14H28N4/c1-5-6-11-18-12-13(2)16-14(18)15-9-7-8-10-17(3)4/h12H,5-11H2,1-4H3,(H,15,16). The van der Waals surface area contributed by atoms with E-state index in [1.807, 2.05) is 0 Å². The van der Waals surface area contributed by atoms with E-state index >= 15 is 0 Å². The van der Waals surface area contributed by atoms with Crippen LogP contribution in [0.4, 0.5) is 5.95 Å². The molecule has 1 heterocycles. The SMILES string of the molecule is CCCCn1cc(C)nc1NCCCCN(C)C. The van der Waals surface area contributed by atoms with Crippen molar-refractivity contribution in [3.05, 3.63) is 11.9 Å². The first-order valence-corrected chi connectivity index (χ1v) is 7.06. The monoisotopic (exact) mass is 252 g/mol. The Morgan fingerprint density at radius 2 is 2.06 bits per heavy atom. The van der Waals surface area contributed by atoms with Gasteiger partial charge in [0.2, 0.25) is 5.95 Å². The quantitative estimate of drug-likeness (QED) is 0.686. The zero-order chi connectivity index (χ0) is 13.4. The second-order valence-electron chi connectivity index (χ2n) is 5.19. The minimum absolute atomic E-state index is 1.01. The van der Waals surface area contributed by atoms with E-state index in [1.165, 1.54) is 25.7 Å².